The van der Waals surface area contributed by atoms with Gasteiger partial charge in [-0.1, -0.05) is 30.3 Å². The fourth-order valence-electron chi connectivity index (χ4n) is 3.53. The van der Waals surface area contributed by atoms with Crippen molar-refractivity contribution in [3.8, 4) is 5.75 Å². The minimum absolute atomic E-state index is 0.0255. The zero-order chi connectivity index (χ0) is 17.2. The summed E-state index contributed by atoms with van der Waals surface area (Å²) in [6.45, 7) is 1.14. The van der Waals surface area contributed by atoms with Gasteiger partial charge in [0, 0.05) is 25.2 Å². The molecule has 4 rings (SSSR count). The number of carbonyl (C=O) groups is 2. The van der Waals surface area contributed by atoms with Crippen molar-refractivity contribution in [2.24, 2.45) is 0 Å². The molecule has 2 aliphatic heterocycles. The number of aryl methyl sites for hydroxylation is 1. The molecule has 128 valence electrons. The number of nitrogens with zero attached hydrogens (tertiary/aromatic N) is 2. The molecule has 0 aromatic heterocycles. The number of amides is 2. The first kappa shape index (κ1) is 15.7. The van der Waals surface area contributed by atoms with E-state index in [1.54, 1.807) is 4.90 Å². The topological polar surface area (TPSA) is 49.9 Å². The molecular weight excluding hydrogens is 316 g/mol. The molecule has 0 N–H and O–H groups in total. The van der Waals surface area contributed by atoms with Crippen LogP contribution < -0.4 is 14.5 Å². The molecule has 0 aliphatic carbocycles. The molecule has 0 saturated carbocycles. The summed E-state index contributed by atoms with van der Waals surface area (Å²) in [5.74, 6) is 0.646. The predicted molar refractivity (Wildman–Crippen MR) is 96.0 cm³/mol. The van der Waals surface area contributed by atoms with E-state index in [0.29, 0.717) is 18.7 Å². The number of fused-ring (bicyclic) bond motifs is 2. The van der Waals surface area contributed by atoms with Crippen molar-refractivity contribution >= 4 is 23.2 Å². The second-order valence-corrected chi connectivity index (χ2v) is 6.33. The van der Waals surface area contributed by atoms with Crippen LogP contribution in [0, 0.1) is 0 Å². The van der Waals surface area contributed by atoms with Crippen molar-refractivity contribution in [2.45, 2.75) is 19.3 Å². The highest BCUT2D eigenvalue weighted by Crippen LogP contribution is 2.32. The van der Waals surface area contributed by atoms with Crippen molar-refractivity contribution in [1.82, 2.24) is 0 Å². The first-order valence-electron chi connectivity index (χ1n) is 8.64. The second kappa shape index (κ2) is 6.59. The molecule has 0 atom stereocenters. The Morgan fingerprint density at radius 1 is 1.04 bits per heavy atom. The smallest absolute Gasteiger partial charge is 0.265 e. The van der Waals surface area contributed by atoms with Crippen LogP contribution in [0.4, 0.5) is 11.4 Å². The van der Waals surface area contributed by atoms with E-state index in [0.717, 1.165) is 30.8 Å². The molecule has 0 saturated heterocycles. The SMILES string of the molecule is O=C(CCN1C(=O)COc2ccccc21)N1CCCc2ccccc21. The fourth-order valence-corrected chi connectivity index (χ4v) is 3.53. The largest absolute Gasteiger partial charge is 0.482 e. The van der Waals surface area contributed by atoms with E-state index in [4.69, 9.17) is 4.74 Å². The van der Waals surface area contributed by atoms with Crippen molar-refractivity contribution in [1.29, 1.82) is 0 Å². The van der Waals surface area contributed by atoms with Crippen LogP contribution in [-0.4, -0.2) is 31.5 Å². The lowest BCUT2D eigenvalue weighted by atomic mass is 10.0. The zero-order valence-corrected chi connectivity index (χ0v) is 14.0. The minimum atomic E-state index is -0.106. The van der Waals surface area contributed by atoms with Crippen LogP contribution in [0.25, 0.3) is 0 Å². The normalized spacial score (nSPS) is 16.1. The molecular formula is C20H20N2O3. The third-order valence-electron chi connectivity index (χ3n) is 4.77. The van der Waals surface area contributed by atoms with Crippen LogP contribution in [0.3, 0.4) is 0 Å². The minimum Gasteiger partial charge on any atom is -0.482 e. The van der Waals surface area contributed by atoms with Crippen LogP contribution in [0.2, 0.25) is 0 Å². The van der Waals surface area contributed by atoms with Gasteiger partial charge in [-0.25, -0.2) is 0 Å². The molecule has 2 heterocycles. The Labute approximate surface area is 146 Å². The van der Waals surface area contributed by atoms with E-state index in [-0.39, 0.29) is 18.4 Å². The maximum Gasteiger partial charge on any atom is 0.265 e. The number of benzene rings is 2. The van der Waals surface area contributed by atoms with Gasteiger partial charge in [-0.15, -0.1) is 0 Å². The van der Waals surface area contributed by atoms with Gasteiger partial charge in [0.05, 0.1) is 5.69 Å². The summed E-state index contributed by atoms with van der Waals surface area (Å²) in [5, 5.41) is 0. The van der Waals surface area contributed by atoms with E-state index in [9.17, 15) is 9.59 Å². The molecule has 2 aromatic carbocycles. The number of anilines is 2. The Balaban J connectivity index is 1.49. The van der Waals surface area contributed by atoms with Crippen molar-refractivity contribution < 1.29 is 14.3 Å². The van der Waals surface area contributed by atoms with Crippen molar-refractivity contribution in [3.05, 3.63) is 54.1 Å². The molecule has 2 amide bonds. The molecule has 5 heteroatoms. The van der Waals surface area contributed by atoms with E-state index < -0.39 is 0 Å². The van der Waals surface area contributed by atoms with Crippen molar-refractivity contribution in [3.63, 3.8) is 0 Å². The van der Waals surface area contributed by atoms with Crippen LogP contribution in [0.5, 0.6) is 5.75 Å². The van der Waals surface area contributed by atoms with Gasteiger partial charge in [0.1, 0.15) is 5.75 Å². The van der Waals surface area contributed by atoms with Crippen LogP contribution in [0.15, 0.2) is 48.5 Å². The predicted octanol–water partition coefficient (Wildman–Crippen LogP) is 2.78. The number of rotatable bonds is 3. The Kier molecular flexibility index (Phi) is 4.14. The monoisotopic (exact) mass is 336 g/mol. The van der Waals surface area contributed by atoms with E-state index in [2.05, 4.69) is 6.07 Å². The molecule has 0 spiro atoms. The quantitative estimate of drug-likeness (QED) is 0.866. The molecule has 0 radical (unpaired) electrons. The lowest BCUT2D eigenvalue weighted by Gasteiger charge is -2.32. The van der Waals surface area contributed by atoms with Crippen LogP contribution in [0.1, 0.15) is 18.4 Å². The molecule has 25 heavy (non-hydrogen) atoms. The maximum atomic E-state index is 12.8. The first-order valence-corrected chi connectivity index (χ1v) is 8.64. The standard InChI is InChI=1S/C20H20N2O3/c23-19(21-12-5-7-15-6-1-2-8-16(15)21)11-13-22-17-9-3-4-10-18(17)25-14-20(22)24/h1-4,6,8-10H,5,7,11-14H2. The van der Waals surface area contributed by atoms with Gasteiger partial charge in [-0.3, -0.25) is 9.59 Å². The Morgan fingerprint density at radius 3 is 2.68 bits per heavy atom. The highest BCUT2D eigenvalue weighted by molar-refractivity contribution is 5.99. The Morgan fingerprint density at radius 2 is 1.80 bits per heavy atom. The summed E-state index contributed by atoms with van der Waals surface area (Å²) < 4.78 is 5.45. The van der Waals surface area contributed by atoms with Crippen LogP contribution >= 0.6 is 0 Å². The van der Waals surface area contributed by atoms with Gasteiger partial charge in [-0.05, 0) is 36.6 Å². The van der Waals surface area contributed by atoms with Crippen molar-refractivity contribution in [2.75, 3.05) is 29.5 Å². The number of hydrogen-bond acceptors (Lipinski definition) is 3. The summed E-state index contributed by atoms with van der Waals surface area (Å²) in [7, 11) is 0. The summed E-state index contributed by atoms with van der Waals surface area (Å²) in [5.41, 5.74) is 2.97. The molecule has 5 nitrogen and oxygen atoms in total. The number of carbonyl (C=O) groups excluding carboxylic acids is 2. The van der Waals surface area contributed by atoms with Gasteiger partial charge in [0.25, 0.3) is 5.91 Å². The zero-order valence-electron chi connectivity index (χ0n) is 14.0. The van der Waals surface area contributed by atoms with Gasteiger partial charge in [0.2, 0.25) is 5.91 Å². The first-order chi connectivity index (χ1) is 12.2. The Bertz CT molecular complexity index is 818. The number of ether oxygens (including phenoxy) is 1. The molecule has 2 aromatic rings. The third-order valence-corrected chi connectivity index (χ3v) is 4.77. The van der Waals surface area contributed by atoms with E-state index >= 15 is 0 Å². The van der Waals surface area contributed by atoms with Crippen LogP contribution in [-0.2, 0) is 16.0 Å². The van der Waals surface area contributed by atoms with E-state index in [1.807, 2.05) is 47.4 Å². The van der Waals surface area contributed by atoms with E-state index in [1.165, 1.54) is 5.56 Å². The second-order valence-electron chi connectivity index (χ2n) is 6.33. The summed E-state index contributed by atoms with van der Waals surface area (Å²) in [4.78, 5) is 28.5. The highest BCUT2D eigenvalue weighted by atomic mass is 16.5. The highest BCUT2D eigenvalue weighted by Gasteiger charge is 2.27. The van der Waals surface area contributed by atoms with Gasteiger partial charge in [-0.2, -0.15) is 0 Å². The average Bonchev–Trinajstić information content (AvgIpc) is 2.66. The van der Waals surface area contributed by atoms with Gasteiger partial charge >= 0.3 is 0 Å². The molecule has 0 unspecified atom stereocenters. The summed E-state index contributed by atoms with van der Waals surface area (Å²) in [6, 6.07) is 15.5. The van der Waals surface area contributed by atoms with Gasteiger partial charge < -0.3 is 14.5 Å². The average molecular weight is 336 g/mol. The summed E-state index contributed by atoms with van der Waals surface area (Å²) >= 11 is 0. The molecule has 2 aliphatic rings. The summed E-state index contributed by atoms with van der Waals surface area (Å²) in [6.07, 6.45) is 2.28. The van der Waals surface area contributed by atoms with Gasteiger partial charge in [0.15, 0.2) is 6.61 Å². The molecule has 0 fully saturated rings. The Hall–Kier alpha value is -2.82. The molecule has 0 bridgehead atoms. The number of hydrogen-bond donors (Lipinski definition) is 0. The third kappa shape index (κ3) is 2.97. The maximum absolute atomic E-state index is 12.8. The fraction of sp³-hybridized carbons (Fsp3) is 0.300. The number of para-hydroxylation sites is 3. The lowest BCUT2D eigenvalue weighted by Crippen LogP contribution is -2.42. The lowest BCUT2D eigenvalue weighted by molar-refractivity contribution is -0.121.